The van der Waals surface area contributed by atoms with Crippen molar-refractivity contribution in [2.45, 2.75) is 25.4 Å². The lowest BCUT2D eigenvalue weighted by Crippen LogP contribution is -2.33. The number of nitrogens with two attached hydrogens (primary N) is 1. The summed E-state index contributed by atoms with van der Waals surface area (Å²) in [5.41, 5.74) is 6.71. The average Bonchev–Trinajstić information content (AvgIpc) is 2.70. The van der Waals surface area contributed by atoms with Crippen LogP contribution in [0.5, 0.6) is 0 Å². The molecule has 0 radical (unpaired) electrons. The Kier molecular flexibility index (Phi) is 2.44. The van der Waals surface area contributed by atoms with Crippen molar-refractivity contribution >= 4 is 5.91 Å². The number of carbonyl (C=O) groups is 1. The van der Waals surface area contributed by atoms with Crippen LogP contribution in [-0.2, 0) is 11.8 Å². The topological polar surface area (TPSA) is 77.0 Å². The Balaban J connectivity index is 2.30. The Labute approximate surface area is 88.0 Å². The number of aromatic nitrogens is 3. The van der Waals surface area contributed by atoms with E-state index in [4.69, 9.17) is 5.73 Å². The predicted octanol–water partition coefficient (Wildman–Crippen LogP) is -0.564. The Morgan fingerprint density at radius 2 is 2.40 bits per heavy atom. The van der Waals surface area contributed by atoms with Gasteiger partial charge in [-0.25, -0.2) is 0 Å². The third-order valence-corrected chi connectivity index (χ3v) is 2.74. The molecule has 0 bridgehead atoms. The van der Waals surface area contributed by atoms with E-state index in [0.717, 1.165) is 5.69 Å². The molecule has 1 amide bonds. The second-order valence-corrected chi connectivity index (χ2v) is 3.81. The SMILES string of the molecule is CCN1C(=O)C[C@H](N)[C@H]1c1cn(C)nn1. The molecule has 2 heterocycles. The van der Waals surface area contributed by atoms with E-state index in [2.05, 4.69) is 10.3 Å². The number of carbonyl (C=O) groups excluding carboxylic acids is 1. The molecule has 2 N–H and O–H groups in total. The minimum atomic E-state index is -0.172. The van der Waals surface area contributed by atoms with E-state index < -0.39 is 0 Å². The molecule has 1 aromatic heterocycles. The van der Waals surface area contributed by atoms with Gasteiger partial charge in [0.25, 0.3) is 0 Å². The Morgan fingerprint density at radius 3 is 2.93 bits per heavy atom. The third kappa shape index (κ3) is 1.61. The van der Waals surface area contributed by atoms with Crippen LogP contribution in [0.1, 0.15) is 25.1 Å². The average molecular weight is 209 g/mol. The second kappa shape index (κ2) is 3.62. The first kappa shape index (κ1) is 10.1. The lowest BCUT2D eigenvalue weighted by atomic mass is 10.1. The van der Waals surface area contributed by atoms with E-state index in [9.17, 15) is 4.79 Å². The molecule has 2 atom stereocenters. The van der Waals surface area contributed by atoms with Gasteiger partial charge in [-0.3, -0.25) is 9.48 Å². The molecule has 1 aliphatic rings. The number of likely N-dealkylation sites (N-methyl/N-ethyl adjacent to an activating group) is 1. The maximum Gasteiger partial charge on any atom is 0.224 e. The van der Waals surface area contributed by atoms with Crippen LogP contribution in [0, 0.1) is 0 Å². The van der Waals surface area contributed by atoms with Gasteiger partial charge in [0.2, 0.25) is 5.91 Å². The summed E-state index contributed by atoms with van der Waals surface area (Å²) in [5.74, 6) is 0.0978. The molecule has 1 aromatic rings. The van der Waals surface area contributed by atoms with Gasteiger partial charge in [-0.05, 0) is 6.92 Å². The smallest absolute Gasteiger partial charge is 0.224 e. The minimum Gasteiger partial charge on any atom is -0.333 e. The van der Waals surface area contributed by atoms with Crippen molar-refractivity contribution in [3.05, 3.63) is 11.9 Å². The summed E-state index contributed by atoms with van der Waals surface area (Å²) in [6, 6.07) is -0.287. The van der Waals surface area contributed by atoms with Crippen LogP contribution < -0.4 is 5.73 Å². The first-order chi connectivity index (χ1) is 7.13. The summed E-state index contributed by atoms with van der Waals surface area (Å²) in [7, 11) is 1.80. The Hall–Kier alpha value is -1.43. The lowest BCUT2D eigenvalue weighted by molar-refractivity contribution is -0.128. The standard InChI is InChI=1S/C9H15N5O/c1-3-14-8(15)4-6(10)9(14)7-5-13(2)12-11-7/h5-6,9H,3-4,10H2,1-2H3/t6-,9-/m0/s1. The van der Waals surface area contributed by atoms with E-state index in [1.807, 2.05) is 13.1 Å². The first-order valence-corrected chi connectivity index (χ1v) is 5.04. The summed E-state index contributed by atoms with van der Waals surface area (Å²) in [6.07, 6.45) is 2.21. The van der Waals surface area contributed by atoms with Crippen LogP contribution in [0.15, 0.2) is 6.20 Å². The fourth-order valence-electron chi connectivity index (χ4n) is 2.07. The predicted molar refractivity (Wildman–Crippen MR) is 53.7 cm³/mol. The van der Waals surface area contributed by atoms with E-state index in [1.54, 1.807) is 16.6 Å². The van der Waals surface area contributed by atoms with E-state index in [1.165, 1.54) is 0 Å². The molecule has 1 fully saturated rings. The zero-order chi connectivity index (χ0) is 11.0. The van der Waals surface area contributed by atoms with Gasteiger partial charge < -0.3 is 10.6 Å². The second-order valence-electron chi connectivity index (χ2n) is 3.81. The van der Waals surface area contributed by atoms with Crippen molar-refractivity contribution in [2.24, 2.45) is 12.8 Å². The summed E-state index contributed by atoms with van der Waals surface area (Å²) < 4.78 is 1.62. The highest BCUT2D eigenvalue weighted by molar-refractivity contribution is 5.80. The van der Waals surface area contributed by atoms with E-state index in [-0.39, 0.29) is 18.0 Å². The van der Waals surface area contributed by atoms with E-state index >= 15 is 0 Å². The molecule has 0 unspecified atom stereocenters. The quantitative estimate of drug-likeness (QED) is 0.708. The van der Waals surface area contributed by atoms with Gasteiger partial charge in [-0.15, -0.1) is 5.10 Å². The van der Waals surface area contributed by atoms with Crippen molar-refractivity contribution in [3.8, 4) is 0 Å². The fraction of sp³-hybridized carbons (Fsp3) is 0.667. The molecule has 15 heavy (non-hydrogen) atoms. The summed E-state index contributed by atoms with van der Waals surface area (Å²) in [4.78, 5) is 13.4. The van der Waals surface area contributed by atoms with Gasteiger partial charge >= 0.3 is 0 Å². The molecular formula is C9H15N5O. The molecule has 82 valence electrons. The molecule has 0 aliphatic carbocycles. The van der Waals surface area contributed by atoms with Gasteiger partial charge in [0.1, 0.15) is 5.69 Å². The molecule has 1 saturated heterocycles. The fourth-order valence-corrected chi connectivity index (χ4v) is 2.07. The monoisotopic (exact) mass is 209 g/mol. The summed E-state index contributed by atoms with van der Waals surface area (Å²) >= 11 is 0. The van der Waals surface area contributed by atoms with Crippen LogP contribution in [0.3, 0.4) is 0 Å². The van der Waals surface area contributed by atoms with Crippen molar-refractivity contribution in [1.29, 1.82) is 0 Å². The van der Waals surface area contributed by atoms with Crippen LogP contribution in [0.25, 0.3) is 0 Å². The molecule has 2 rings (SSSR count). The molecule has 0 spiro atoms. The van der Waals surface area contributed by atoms with Crippen molar-refractivity contribution in [3.63, 3.8) is 0 Å². The third-order valence-electron chi connectivity index (χ3n) is 2.74. The number of amides is 1. The largest absolute Gasteiger partial charge is 0.333 e. The maximum atomic E-state index is 11.6. The lowest BCUT2D eigenvalue weighted by Gasteiger charge is -2.23. The molecule has 6 heteroatoms. The summed E-state index contributed by atoms with van der Waals surface area (Å²) in [6.45, 7) is 2.60. The van der Waals surface area contributed by atoms with Crippen molar-refractivity contribution < 1.29 is 4.79 Å². The Morgan fingerprint density at radius 1 is 1.67 bits per heavy atom. The minimum absolute atomic E-state index is 0.0978. The zero-order valence-electron chi connectivity index (χ0n) is 8.92. The normalized spacial score (nSPS) is 26.3. The highest BCUT2D eigenvalue weighted by Gasteiger charge is 2.39. The van der Waals surface area contributed by atoms with E-state index in [0.29, 0.717) is 13.0 Å². The van der Waals surface area contributed by atoms with Crippen LogP contribution in [0.4, 0.5) is 0 Å². The highest BCUT2D eigenvalue weighted by Crippen LogP contribution is 2.29. The number of hydrogen-bond acceptors (Lipinski definition) is 4. The molecular weight excluding hydrogens is 194 g/mol. The number of hydrogen-bond donors (Lipinski definition) is 1. The van der Waals surface area contributed by atoms with Gasteiger partial charge in [0.05, 0.1) is 12.2 Å². The number of aryl methyl sites for hydroxylation is 1. The van der Waals surface area contributed by atoms with Gasteiger partial charge in [-0.1, -0.05) is 5.21 Å². The van der Waals surface area contributed by atoms with Crippen molar-refractivity contribution in [2.75, 3.05) is 6.54 Å². The number of rotatable bonds is 2. The van der Waals surface area contributed by atoms with Crippen LogP contribution >= 0.6 is 0 Å². The molecule has 0 aromatic carbocycles. The molecule has 0 saturated carbocycles. The zero-order valence-corrected chi connectivity index (χ0v) is 8.92. The van der Waals surface area contributed by atoms with Gasteiger partial charge in [0, 0.05) is 26.1 Å². The van der Waals surface area contributed by atoms with Gasteiger partial charge in [0.15, 0.2) is 0 Å². The molecule has 6 nitrogen and oxygen atoms in total. The van der Waals surface area contributed by atoms with Crippen molar-refractivity contribution in [1.82, 2.24) is 19.9 Å². The first-order valence-electron chi connectivity index (χ1n) is 5.04. The number of likely N-dealkylation sites (tertiary alicyclic amines) is 1. The molecule has 1 aliphatic heterocycles. The maximum absolute atomic E-state index is 11.6. The van der Waals surface area contributed by atoms with Gasteiger partial charge in [-0.2, -0.15) is 0 Å². The van der Waals surface area contributed by atoms with Crippen LogP contribution in [0.2, 0.25) is 0 Å². The highest BCUT2D eigenvalue weighted by atomic mass is 16.2. The van der Waals surface area contributed by atoms with Crippen LogP contribution in [-0.4, -0.2) is 38.4 Å². The Bertz CT molecular complexity index is 374. The summed E-state index contributed by atoms with van der Waals surface area (Å²) in [5, 5.41) is 7.88. The number of nitrogens with zero attached hydrogens (tertiary/aromatic N) is 4.